The average Bonchev–Trinajstić information content (AvgIpc) is 2.46. The number of rotatable bonds is 3. The fraction of sp³-hybridized carbons (Fsp3) is 0.125. The third-order valence-electron chi connectivity index (χ3n) is 2.84. The summed E-state index contributed by atoms with van der Waals surface area (Å²) < 4.78 is 49.2. The molecule has 2 aromatic rings. The Bertz CT molecular complexity index is 730. The molecule has 0 bridgehead atoms. The molecule has 0 fully saturated rings. The number of hydrogen-bond acceptors (Lipinski definition) is 3. The van der Waals surface area contributed by atoms with Crippen molar-refractivity contribution in [1.82, 2.24) is 0 Å². The van der Waals surface area contributed by atoms with Gasteiger partial charge in [-0.15, -0.1) is 6.42 Å². The van der Waals surface area contributed by atoms with Crippen molar-refractivity contribution >= 4 is 0 Å². The number of terminal acetylenes is 1. The quantitative estimate of drug-likeness (QED) is 0.864. The Morgan fingerprint density at radius 3 is 2.50 bits per heavy atom. The zero-order chi connectivity index (χ0) is 16.3. The summed E-state index contributed by atoms with van der Waals surface area (Å²) in [6.45, 7) is 0. The Labute approximate surface area is 124 Å². The monoisotopic (exact) mass is 308 g/mol. The number of phenolic OH excluding ortho intramolecular Hbond substituents is 1. The second-order valence-electron chi connectivity index (χ2n) is 4.26. The van der Waals surface area contributed by atoms with Crippen LogP contribution >= 0.6 is 0 Å². The van der Waals surface area contributed by atoms with Crippen LogP contribution in [0, 0.1) is 12.3 Å². The summed E-state index contributed by atoms with van der Waals surface area (Å²) >= 11 is 0. The van der Waals surface area contributed by atoms with Crippen LogP contribution in [0.25, 0.3) is 0 Å². The molecule has 2 rings (SSSR count). The van der Waals surface area contributed by atoms with Gasteiger partial charge in [0.05, 0.1) is 12.7 Å². The van der Waals surface area contributed by atoms with E-state index in [1.54, 1.807) is 0 Å². The highest BCUT2D eigenvalue weighted by atomic mass is 19.4. The second-order valence-corrected chi connectivity index (χ2v) is 4.26. The molecule has 6 heteroatoms. The topological polar surface area (TPSA) is 38.7 Å². The molecule has 0 amide bonds. The van der Waals surface area contributed by atoms with Gasteiger partial charge in [-0.1, -0.05) is 12.0 Å². The highest BCUT2D eigenvalue weighted by molar-refractivity contribution is 5.53. The predicted molar refractivity (Wildman–Crippen MR) is 74.1 cm³/mol. The fourth-order valence-corrected chi connectivity index (χ4v) is 1.86. The summed E-state index contributed by atoms with van der Waals surface area (Å²) in [6.07, 6.45) is 0.478. The first-order chi connectivity index (χ1) is 10.4. The Hall–Kier alpha value is -2.81. The fourth-order valence-electron chi connectivity index (χ4n) is 1.86. The molecule has 0 aliphatic carbocycles. The summed E-state index contributed by atoms with van der Waals surface area (Å²) in [5, 5.41) is 9.62. The third-order valence-corrected chi connectivity index (χ3v) is 2.84. The van der Waals surface area contributed by atoms with Gasteiger partial charge in [0.25, 0.3) is 0 Å². The van der Waals surface area contributed by atoms with Crippen molar-refractivity contribution in [1.29, 1.82) is 0 Å². The molecule has 0 unspecified atom stereocenters. The van der Waals surface area contributed by atoms with Crippen LogP contribution in [0.3, 0.4) is 0 Å². The molecule has 0 heterocycles. The van der Waals surface area contributed by atoms with E-state index in [4.69, 9.17) is 15.9 Å². The lowest BCUT2D eigenvalue weighted by Gasteiger charge is -2.14. The van der Waals surface area contributed by atoms with Gasteiger partial charge in [0.1, 0.15) is 5.75 Å². The number of alkyl halides is 3. The van der Waals surface area contributed by atoms with Crippen LogP contribution in [0.1, 0.15) is 11.1 Å². The number of benzene rings is 2. The molecule has 0 spiro atoms. The Morgan fingerprint density at radius 1 is 1.18 bits per heavy atom. The van der Waals surface area contributed by atoms with Gasteiger partial charge in [-0.2, -0.15) is 13.2 Å². The summed E-state index contributed by atoms with van der Waals surface area (Å²) in [5.74, 6) is 1.84. The highest BCUT2D eigenvalue weighted by Crippen LogP contribution is 2.40. The minimum absolute atomic E-state index is 0.0251. The van der Waals surface area contributed by atoms with Gasteiger partial charge in [-0.3, -0.25) is 0 Å². The van der Waals surface area contributed by atoms with Crippen LogP contribution in [-0.4, -0.2) is 12.2 Å². The number of methoxy groups -OCH3 is 1. The Balaban J connectivity index is 2.44. The first-order valence-electron chi connectivity index (χ1n) is 6.08. The van der Waals surface area contributed by atoms with Gasteiger partial charge >= 0.3 is 6.18 Å². The zero-order valence-electron chi connectivity index (χ0n) is 11.4. The number of para-hydroxylation sites is 1. The van der Waals surface area contributed by atoms with Crippen molar-refractivity contribution in [3.05, 3.63) is 47.5 Å². The van der Waals surface area contributed by atoms with Crippen molar-refractivity contribution in [2.45, 2.75) is 6.18 Å². The average molecular weight is 308 g/mol. The lowest BCUT2D eigenvalue weighted by Crippen LogP contribution is -2.08. The van der Waals surface area contributed by atoms with Crippen LogP contribution < -0.4 is 9.47 Å². The van der Waals surface area contributed by atoms with E-state index in [-0.39, 0.29) is 28.6 Å². The summed E-state index contributed by atoms with van der Waals surface area (Å²) in [5.41, 5.74) is -1.24. The maximum Gasteiger partial charge on any atom is 0.417 e. The van der Waals surface area contributed by atoms with E-state index >= 15 is 0 Å². The molecule has 0 saturated carbocycles. The number of ether oxygens (including phenoxy) is 2. The number of halogens is 3. The molecule has 2 aromatic carbocycles. The lowest BCUT2D eigenvalue weighted by molar-refractivity contribution is -0.137. The summed E-state index contributed by atoms with van der Waals surface area (Å²) in [7, 11) is 1.31. The summed E-state index contributed by atoms with van der Waals surface area (Å²) in [4.78, 5) is 0. The standard InChI is InChI=1S/C16H11F3O3/c1-3-10-7-8-11(9-12(10)16(17,18)19)22-14-6-4-5-13(20)15(14)21-2/h1,4-9,20H,2H3. The predicted octanol–water partition coefficient (Wildman–Crippen LogP) is 4.19. The van der Waals surface area contributed by atoms with Crippen molar-refractivity contribution < 1.29 is 27.8 Å². The van der Waals surface area contributed by atoms with Crippen molar-refractivity contribution in [3.63, 3.8) is 0 Å². The van der Waals surface area contributed by atoms with Gasteiger partial charge in [0.2, 0.25) is 5.75 Å². The van der Waals surface area contributed by atoms with Gasteiger partial charge < -0.3 is 14.6 Å². The SMILES string of the molecule is C#Cc1ccc(Oc2cccc(O)c2OC)cc1C(F)(F)F. The first kappa shape index (κ1) is 15.6. The third kappa shape index (κ3) is 3.09. The normalized spacial score (nSPS) is 10.9. The van der Waals surface area contributed by atoms with Crippen molar-refractivity contribution in [3.8, 4) is 35.3 Å². The molecule has 0 aliphatic rings. The molecule has 0 saturated heterocycles. The molecule has 0 radical (unpaired) electrons. The molecular formula is C16H11F3O3. The minimum atomic E-state index is -4.59. The van der Waals surface area contributed by atoms with Gasteiger partial charge in [-0.25, -0.2) is 0 Å². The first-order valence-corrected chi connectivity index (χ1v) is 6.08. The van der Waals surface area contributed by atoms with Crippen LogP contribution in [-0.2, 0) is 6.18 Å². The molecule has 3 nitrogen and oxygen atoms in total. The molecule has 22 heavy (non-hydrogen) atoms. The van der Waals surface area contributed by atoms with E-state index in [0.717, 1.165) is 12.1 Å². The highest BCUT2D eigenvalue weighted by Gasteiger charge is 2.33. The van der Waals surface area contributed by atoms with Crippen LogP contribution in [0.2, 0.25) is 0 Å². The Kier molecular flexibility index (Phi) is 4.18. The second kappa shape index (κ2) is 5.90. The van der Waals surface area contributed by atoms with Gasteiger partial charge in [0.15, 0.2) is 11.5 Å². The smallest absolute Gasteiger partial charge is 0.417 e. The van der Waals surface area contributed by atoms with E-state index in [9.17, 15) is 18.3 Å². The van der Waals surface area contributed by atoms with Crippen LogP contribution in [0.5, 0.6) is 23.0 Å². The number of phenols is 1. The number of aromatic hydroxyl groups is 1. The summed E-state index contributed by atoms with van der Waals surface area (Å²) in [6, 6.07) is 7.57. The molecule has 0 aromatic heterocycles. The van der Waals surface area contributed by atoms with E-state index in [1.165, 1.54) is 31.4 Å². The molecule has 1 N–H and O–H groups in total. The van der Waals surface area contributed by atoms with Gasteiger partial charge in [0, 0.05) is 5.56 Å². The molecule has 0 atom stereocenters. The van der Waals surface area contributed by atoms with Crippen LogP contribution in [0.15, 0.2) is 36.4 Å². The maximum absolute atomic E-state index is 12.9. The Morgan fingerprint density at radius 2 is 1.91 bits per heavy atom. The zero-order valence-corrected chi connectivity index (χ0v) is 11.4. The van der Waals surface area contributed by atoms with Crippen molar-refractivity contribution in [2.75, 3.05) is 7.11 Å². The van der Waals surface area contributed by atoms with E-state index in [1.807, 2.05) is 5.92 Å². The van der Waals surface area contributed by atoms with Crippen LogP contribution in [0.4, 0.5) is 13.2 Å². The lowest BCUT2D eigenvalue weighted by atomic mass is 10.1. The van der Waals surface area contributed by atoms with E-state index < -0.39 is 11.7 Å². The van der Waals surface area contributed by atoms with E-state index in [2.05, 4.69) is 0 Å². The maximum atomic E-state index is 12.9. The molecular weight excluding hydrogens is 297 g/mol. The molecule has 0 aliphatic heterocycles. The van der Waals surface area contributed by atoms with Gasteiger partial charge in [-0.05, 0) is 30.3 Å². The van der Waals surface area contributed by atoms with Crippen molar-refractivity contribution in [2.24, 2.45) is 0 Å². The van der Waals surface area contributed by atoms with E-state index in [0.29, 0.717) is 0 Å². The minimum Gasteiger partial charge on any atom is -0.504 e. The number of hydrogen-bond donors (Lipinski definition) is 1. The molecule has 114 valence electrons. The largest absolute Gasteiger partial charge is 0.504 e.